The molecule has 1 saturated heterocycles. The third kappa shape index (κ3) is 3.30. The molecule has 0 bridgehead atoms. The number of rotatable bonds is 5. The molecule has 0 spiro atoms. The van der Waals surface area contributed by atoms with E-state index in [0.717, 1.165) is 24.1 Å². The molecular weight excluding hydrogens is 448 g/mol. The molecule has 2 amide bonds. The molecule has 0 N–H and O–H groups in total. The molecule has 4 aliphatic rings. The third-order valence-corrected chi connectivity index (χ3v) is 7.78. The number of amides is 2. The zero-order valence-electron chi connectivity index (χ0n) is 19.9. The summed E-state index contributed by atoms with van der Waals surface area (Å²) in [6.07, 6.45) is 2.19. The number of anilines is 1. The molecule has 6 rings (SSSR count). The lowest BCUT2D eigenvalue weighted by atomic mass is 9.72. The third-order valence-electron chi connectivity index (χ3n) is 7.78. The monoisotopic (exact) mass is 476 g/mol. The summed E-state index contributed by atoms with van der Waals surface area (Å²) in [5, 5.41) is 0. The normalized spacial score (nSPS) is 26.4. The van der Waals surface area contributed by atoms with Crippen molar-refractivity contribution in [2.75, 3.05) is 31.4 Å². The minimum atomic E-state index is -1.23. The highest BCUT2D eigenvalue weighted by molar-refractivity contribution is 6.09. The molecule has 3 atom stereocenters. The predicted molar refractivity (Wildman–Crippen MR) is 126 cm³/mol. The largest absolute Gasteiger partial charge is 0.466 e. The van der Waals surface area contributed by atoms with Gasteiger partial charge in [-0.15, -0.1) is 0 Å². The van der Waals surface area contributed by atoms with Crippen molar-refractivity contribution in [1.29, 1.82) is 0 Å². The maximum absolute atomic E-state index is 14.2. The fraction of sp³-hybridized carbons (Fsp3) is 0.444. The molecule has 0 unspecified atom stereocenters. The van der Waals surface area contributed by atoms with E-state index in [1.54, 1.807) is 36.9 Å². The average Bonchev–Trinajstić information content (AvgIpc) is 3.45. The van der Waals surface area contributed by atoms with Crippen LogP contribution >= 0.6 is 0 Å². The van der Waals surface area contributed by atoms with E-state index < -0.39 is 17.4 Å². The number of likely N-dealkylation sites (tertiary alicyclic amines) is 1. The van der Waals surface area contributed by atoms with E-state index in [1.807, 2.05) is 29.2 Å². The first-order chi connectivity index (χ1) is 16.9. The highest BCUT2D eigenvalue weighted by atomic mass is 16.7. The van der Waals surface area contributed by atoms with Crippen molar-refractivity contribution in [1.82, 2.24) is 4.90 Å². The van der Waals surface area contributed by atoms with Crippen molar-refractivity contribution in [2.45, 2.75) is 38.1 Å². The van der Waals surface area contributed by atoms with Crippen LogP contribution in [0.2, 0.25) is 0 Å². The Morgan fingerprint density at radius 1 is 1.11 bits per heavy atom. The fourth-order valence-electron chi connectivity index (χ4n) is 5.88. The minimum Gasteiger partial charge on any atom is -0.466 e. The Morgan fingerprint density at radius 3 is 2.66 bits per heavy atom. The van der Waals surface area contributed by atoms with Gasteiger partial charge in [0.25, 0.3) is 11.8 Å². The van der Waals surface area contributed by atoms with E-state index in [4.69, 9.17) is 14.2 Å². The Morgan fingerprint density at radius 2 is 1.89 bits per heavy atom. The second-order valence-electron chi connectivity index (χ2n) is 9.89. The predicted octanol–water partition coefficient (Wildman–Crippen LogP) is 3.35. The summed E-state index contributed by atoms with van der Waals surface area (Å²) in [6.45, 7) is 4.63. The Hall–Kier alpha value is -3.55. The fourth-order valence-corrected chi connectivity index (χ4v) is 5.88. The van der Waals surface area contributed by atoms with Gasteiger partial charge in [-0.05, 0) is 62.4 Å². The summed E-state index contributed by atoms with van der Waals surface area (Å²) < 4.78 is 16.3. The molecule has 0 radical (unpaired) electrons. The van der Waals surface area contributed by atoms with E-state index in [-0.39, 0.29) is 37.7 Å². The van der Waals surface area contributed by atoms with E-state index in [0.29, 0.717) is 29.5 Å². The van der Waals surface area contributed by atoms with Crippen LogP contribution in [0.4, 0.5) is 5.69 Å². The molecule has 2 aromatic rings. The van der Waals surface area contributed by atoms with Gasteiger partial charge < -0.3 is 24.0 Å². The van der Waals surface area contributed by atoms with Gasteiger partial charge >= 0.3 is 5.97 Å². The summed E-state index contributed by atoms with van der Waals surface area (Å²) in [7, 11) is 0. The minimum absolute atomic E-state index is 0.102. The van der Waals surface area contributed by atoms with E-state index in [9.17, 15) is 14.4 Å². The van der Waals surface area contributed by atoms with E-state index in [2.05, 4.69) is 0 Å². The van der Waals surface area contributed by atoms with Gasteiger partial charge in [0.05, 0.1) is 12.5 Å². The lowest BCUT2D eigenvalue weighted by molar-refractivity contribution is -0.148. The molecule has 35 heavy (non-hydrogen) atoms. The number of para-hydroxylation sites is 1. The van der Waals surface area contributed by atoms with Crippen LogP contribution in [-0.2, 0) is 14.3 Å². The summed E-state index contributed by atoms with van der Waals surface area (Å²) in [5.41, 5.74) is 0.903. The number of fused-ring (bicyclic) bond motifs is 4. The van der Waals surface area contributed by atoms with Gasteiger partial charge in [0.1, 0.15) is 5.54 Å². The summed E-state index contributed by atoms with van der Waals surface area (Å²) in [6, 6.07) is 12.8. The number of carbonyl (C=O) groups is 3. The maximum atomic E-state index is 14.2. The molecule has 8 nitrogen and oxygen atoms in total. The molecule has 3 aliphatic heterocycles. The van der Waals surface area contributed by atoms with Gasteiger partial charge in [0.2, 0.25) is 6.79 Å². The van der Waals surface area contributed by atoms with Crippen LogP contribution in [0.5, 0.6) is 11.5 Å². The maximum Gasteiger partial charge on any atom is 0.311 e. The summed E-state index contributed by atoms with van der Waals surface area (Å²) >= 11 is 0. The van der Waals surface area contributed by atoms with Gasteiger partial charge in [0, 0.05) is 30.3 Å². The number of hydrogen-bond donors (Lipinski definition) is 0. The molecule has 2 aromatic carbocycles. The van der Waals surface area contributed by atoms with Crippen molar-refractivity contribution in [3.63, 3.8) is 0 Å². The highest BCUT2D eigenvalue weighted by Gasteiger charge is 2.64. The molecule has 2 fully saturated rings. The quantitative estimate of drug-likeness (QED) is 0.616. The number of hydrogen-bond acceptors (Lipinski definition) is 6. The molecule has 1 saturated carbocycles. The van der Waals surface area contributed by atoms with Crippen LogP contribution in [0.25, 0.3) is 0 Å². The van der Waals surface area contributed by atoms with Crippen LogP contribution in [-0.4, -0.2) is 54.7 Å². The van der Waals surface area contributed by atoms with Crippen LogP contribution in [0.1, 0.15) is 48.5 Å². The Kier molecular flexibility index (Phi) is 5.02. The average molecular weight is 477 g/mol. The highest BCUT2D eigenvalue weighted by Crippen LogP contribution is 2.54. The first-order valence-corrected chi connectivity index (χ1v) is 12.2. The summed E-state index contributed by atoms with van der Waals surface area (Å²) in [4.78, 5) is 44.8. The first-order valence-electron chi connectivity index (χ1n) is 12.2. The lowest BCUT2D eigenvalue weighted by Gasteiger charge is -2.46. The second-order valence-corrected chi connectivity index (χ2v) is 9.89. The topological polar surface area (TPSA) is 85.4 Å². The van der Waals surface area contributed by atoms with Crippen LogP contribution in [0.3, 0.4) is 0 Å². The second kappa shape index (κ2) is 8.00. The zero-order valence-corrected chi connectivity index (χ0v) is 19.9. The molecule has 0 aromatic heterocycles. The number of benzene rings is 2. The number of ether oxygens (including phenoxy) is 3. The smallest absolute Gasteiger partial charge is 0.311 e. The van der Waals surface area contributed by atoms with Crippen LogP contribution in [0, 0.1) is 11.8 Å². The number of esters is 1. The van der Waals surface area contributed by atoms with Crippen LogP contribution in [0.15, 0.2) is 42.5 Å². The van der Waals surface area contributed by atoms with Crippen molar-refractivity contribution in [2.24, 2.45) is 11.8 Å². The van der Waals surface area contributed by atoms with E-state index in [1.165, 1.54) is 0 Å². The number of carbonyl (C=O) groups excluding carboxylic acids is 3. The van der Waals surface area contributed by atoms with Crippen LogP contribution < -0.4 is 14.4 Å². The van der Waals surface area contributed by atoms with Crippen molar-refractivity contribution < 1.29 is 28.6 Å². The first kappa shape index (κ1) is 21.9. The molecular formula is C27H28N2O6. The Bertz CT molecular complexity index is 1220. The van der Waals surface area contributed by atoms with Gasteiger partial charge in [-0.3, -0.25) is 14.4 Å². The molecule has 8 heteroatoms. The molecule has 3 heterocycles. The van der Waals surface area contributed by atoms with Gasteiger partial charge in [-0.2, -0.15) is 0 Å². The van der Waals surface area contributed by atoms with Gasteiger partial charge in [0.15, 0.2) is 11.5 Å². The van der Waals surface area contributed by atoms with Gasteiger partial charge in [-0.1, -0.05) is 18.2 Å². The lowest BCUT2D eigenvalue weighted by Crippen LogP contribution is -2.62. The molecule has 1 aliphatic carbocycles. The SMILES string of the molecule is CCOC(=O)[C@H]1CN(C(=O)c2ccc3c(c2)OCO3)[C@]2(C)C(=O)N(CC3CC3)c3ccccc3[C@H]12. The van der Waals surface area contributed by atoms with Crippen molar-refractivity contribution >= 4 is 23.5 Å². The van der Waals surface area contributed by atoms with Gasteiger partial charge in [-0.25, -0.2) is 0 Å². The molecule has 182 valence electrons. The van der Waals surface area contributed by atoms with E-state index >= 15 is 0 Å². The van der Waals surface area contributed by atoms with Crippen molar-refractivity contribution in [3.8, 4) is 11.5 Å². The Balaban J connectivity index is 1.46. The summed E-state index contributed by atoms with van der Waals surface area (Å²) in [5.74, 6) is -0.458. The zero-order chi connectivity index (χ0) is 24.3. The Labute approximate surface area is 203 Å². The standard InChI is InChI=1S/C27H28N2O6/c1-3-33-25(31)19-14-29(24(30)17-10-11-21-22(12-17)35-15-34-21)27(2)23(19)18-6-4-5-7-20(18)28(26(27)32)13-16-8-9-16/h4-7,10-12,16,19,23H,3,8-9,13-15H2,1-2H3/t19-,23+,27-/m0/s1. The van der Waals surface area contributed by atoms with Crippen molar-refractivity contribution in [3.05, 3.63) is 53.6 Å². The number of nitrogens with zero attached hydrogens (tertiary/aromatic N) is 2.